The third-order valence-electron chi connectivity index (χ3n) is 3.60. The Hall–Kier alpha value is -1.51. The van der Waals surface area contributed by atoms with Gasteiger partial charge in [-0.25, -0.2) is 0 Å². The molecule has 0 heterocycles. The van der Waals surface area contributed by atoms with Gasteiger partial charge in [-0.1, -0.05) is 56.6 Å². The van der Waals surface area contributed by atoms with Crippen molar-refractivity contribution in [2.24, 2.45) is 5.73 Å². The number of anilines is 1. The van der Waals surface area contributed by atoms with Crippen molar-refractivity contribution < 1.29 is 0 Å². The van der Waals surface area contributed by atoms with E-state index in [4.69, 9.17) is 17.3 Å². The summed E-state index contributed by atoms with van der Waals surface area (Å²) in [5.74, 6) is 0. The van der Waals surface area contributed by atoms with Crippen LogP contribution in [0.2, 0.25) is 5.02 Å². The second-order valence-electron chi connectivity index (χ2n) is 6.31. The Labute approximate surface area is 132 Å². The van der Waals surface area contributed by atoms with Gasteiger partial charge >= 0.3 is 0 Å². The van der Waals surface area contributed by atoms with E-state index in [0.717, 1.165) is 10.7 Å². The largest absolute Gasteiger partial charge is 0.377 e. The SMILES string of the molecule is CC(C)(C)c1ccc(C(CN)Nc2ccc(Cl)cc2)cc1. The van der Waals surface area contributed by atoms with Crippen LogP contribution in [0, 0.1) is 0 Å². The van der Waals surface area contributed by atoms with E-state index >= 15 is 0 Å². The maximum absolute atomic E-state index is 5.92. The summed E-state index contributed by atoms with van der Waals surface area (Å²) in [6.07, 6.45) is 0. The smallest absolute Gasteiger partial charge is 0.0636 e. The van der Waals surface area contributed by atoms with E-state index in [0.29, 0.717) is 6.54 Å². The van der Waals surface area contributed by atoms with Gasteiger partial charge in [0, 0.05) is 17.3 Å². The summed E-state index contributed by atoms with van der Waals surface area (Å²) in [5.41, 5.74) is 9.63. The highest BCUT2D eigenvalue weighted by atomic mass is 35.5. The minimum Gasteiger partial charge on any atom is -0.377 e. The molecule has 2 aromatic carbocycles. The summed E-state index contributed by atoms with van der Waals surface area (Å²) < 4.78 is 0. The molecule has 21 heavy (non-hydrogen) atoms. The van der Waals surface area contributed by atoms with Gasteiger partial charge in [0.05, 0.1) is 6.04 Å². The topological polar surface area (TPSA) is 38.0 Å². The summed E-state index contributed by atoms with van der Waals surface area (Å²) >= 11 is 5.91. The Morgan fingerprint density at radius 3 is 2.05 bits per heavy atom. The van der Waals surface area contributed by atoms with Crippen LogP contribution in [0.1, 0.15) is 37.9 Å². The van der Waals surface area contributed by atoms with Gasteiger partial charge in [-0.05, 0) is 40.8 Å². The third kappa shape index (κ3) is 4.23. The summed E-state index contributed by atoms with van der Waals surface area (Å²) in [6.45, 7) is 7.19. The standard InChI is InChI=1S/C18H23ClN2/c1-18(2,3)14-6-4-13(5-7-14)17(12-20)21-16-10-8-15(19)9-11-16/h4-11,17,21H,12,20H2,1-3H3. The summed E-state index contributed by atoms with van der Waals surface area (Å²) in [6, 6.07) is 16.5. The number of nitrogens with two attached hydrogens (primary N) is 1. The molecule has 2 aromatic rings. The Kier molecular flexibility index (Phi) is 4.92. The number of halogens is 1. The van der Waals surface area contributed by atoms with E-state index in [1.807, 2.05) is 24.3 Å². The molecule has 3 N–H and O–H groups in total. The molecule has 0 bridgehead atoms. The van der Waals surface area contributed by atoms with Gasteiger partial charge in [0.25, 0.3) is 0 Å². The lowest BCUT2D eigenvalue weighted by Gasteiger charge is -2.22. The van der Waals surface area contributed by atoms with Crippen molar-refractivity contribution >= 4 is 17.3 Å². The summed E-state index contributed by atoms with van der Waals surface area (Å²) in [5, 5.41) is 4.18. The maximum Gasteiger partial charge on any atom is 0.0636 e. The quantitative estimate of drug-likeness (QED) is 0.855. The fourth-order valence-corrected chi connectivity index (χ4v) is 2.37. The Morgan fingerprint density at radius 2 is 1.57 bits per heavy atom. The normalized spacial score (nSPS) is 13.0. The van der Waals surface area contributed by atoms with Gasteiger partial charge in [0.2, 0.25) is 0 Å². The molecule has 1 unspecified atom stereocenters. The number of hydrogen-bond donors (Lipinski definition) is 2. The van der Waals surface area contributed by atoms with Gasteiger partial charge in [-0.2, -0.15) is 0 Å². The van der Waals surface area contributed by atoms with E-state index in [9.17, 15) is 0 Å². The average Bonchev–Trinajstić information content (AvgIpc) is 2.46. The molecule has 0 fully saturated rings. The van der Waals surface area contributed by atoms with Crippen molar-refractivity contribution in [1.82, 2.24) is 0 Å². The monoisotopic (exact) mass is 302 g/mol. The second kappa shape index (κ2) is 6.50. The van der Waals surface area contributed by atoms with Gasteiger partial charge in [0.15, 0.2) is 0 Å². The highest BCUT2D eigenvalue weighted by Gasteiger charge is 2.15. The van der Waals surface area contributed by atoms with Crippen LogP contribution in [0.5, 0.6) is 0 Å². The first kappa shape index (κ1) is 15.9. The van der Waals surface area contributed by atoms with Crippen LogP contribution in [-0.2, 0) is 5.41 Å². The first-order valence-electron chi connectivity index (χ1n) is 7.23. The van der Waals surface area contributed by atoms with Crippen LogP contribution in [0.25, 0.3) is 0 Å². The highest BCUT2D eigenvalue weighted by molar-refractivity contribution is 6.30. The Balaban J connectivity index is 2.15. The second-order valence-corrected chi connectivity index (χ2v) is 6.75. The van der Waals surface area contributed by atoms with Crippen molar-refractivity contribution in [3.05, 3.63) is 64.7 Å². The maximum atomic E-state index is 5.92. The molecule has 112 valence electrons. The predicted molar refractivity (Wildman–Crippen MR) is 92.0 cm³/mol. The lowest BCUT2D eigenvalue weighted by atomic mass is 9.86. The molecule has 0 aliphatic heterocycles. The number of nitrogens with one attached hydrogen (secondary N) is 1. The van der Waals surface area contributed by atoms with Gasteiger partial charge in [-0.3, -0.25) is 0 Å². The molecule has 0 aliphatic rings. The molecule has 0 aromatic heterocycles. The zero-order valence-corrected chi connectivity index (χ0v) is 13.6. The van der Waals surface area contributed by atoms with E-state index in [1.54, 1.807) is 0 Å². The molecule has 3 heteroatoms. The zero-order valence-electron chi connectivity index (χ0n) is 12.9. The zero-order chi connectivity index (χ0) is 15.5. The molecule has 1 atom stereocenters. The minimum absolute atomic E-state index is 0.0974. The van der Waals surface area contributed by atoms with Crippen molar-refractivity contribution in [2.75, 3.05) is 11.9 Å². The molecular formula is C18H23ClN2. The van der Waals surface area contributed by atoms with Crippen LogP contribution in [0.4, 0.5) is 5.69 Å². The molecule has 2 rings (SSSR count). The van der Waals surface area contributed by atoms with Crippen LogP contribution >= 0.6 is 11.6 Å². The summed E-state index contributed by atoms with van der Waals surface area (Å²) in [4.78, 5) is 0. The van der Waals surface area contributed by atoms with Crippen molar-refractivity contribution in [1.29, 1.82) is 0 Å². The lowest BCUT2D eigenvalue weighted by Crippen LogP contribution is -2.21. The van der Waals surface area contributed by atoms with Crippen molar-refractivity contribution in [3.63, 3.8) is 0 Å². The number of benzene rings is 2. The summed E-state index contributed by atoms with van der Waals surface area (Å²) in [7, 11) is 0. The molecular weight excluding hydrogens is 280 g/mol. The Morgan fingerprint density at radius 1 is 1.00 bits per heavy atom. The van der Waals surface area contributed by atoms with Gasteiger partial charge in [0.1, 0.15) is 0 Å². The van der Waals surface area contributed by atoms with E-state index in [-0.39, 0.29) is 11.5 Å². The fourth-order valence-electron chi connectivity index (χ4n) is 2.24. The average molecular weight is 303 g/mol. The molecule has 0 saturated heterocycles. The van der Waals surface area contributed by atoms with Crippen LogP contribution in [0.15, 0.2) is 48.5 Å². The first-order chi connectivity index (χ1) is 9.90. The molecule has 0 aliphatic carbocycles. The van der Waals surface area contributed by atoms with Crippen molar-refractivity contribution in [3.8, 4) is 0 Å². The number of hydrogen-bond acceptors (Lipinski definition) is 2. The first-order valence-corrected chi connectivity index (χ1v) is 7.60. The number of rotatable bonds is 4. The van der Waals surface area contributed by atoms with Crippen LogP contribution in [-0.4, -0.2) is 6.54 Å². The molecule has 0 amide bonds. The third-order valence-corrected chi connectivity index (χ3v) is 3.85. The minimum atomic E-state index is 0.0974. The molecule has 0 saturated carbocycles. The van der Waals surface area contributed by atoms with E-state index in [1.165, 1.54) is 11.1 Å². The van der Waals surface area contributed by atoms with Crippen LogP contribution in [0.3, 0.4) is 0 Å². The van der Waals surface area contributed by atoms with E-state index < -0.39 is 0 Å². The highest BCUT2D eigenvalue weighted by Crippen LogP contribution is 2.25. The van der Waals surface area contributed by atoms with Gasteiger partial charge < -0.3 is 11.1 Å². The van der Waals surface area contributed by atoms with Crippen LogP contribution < -0.4 is 11.1 Å². The Bertz CT molecular complexity index is 568. The molecule has 0 spiro atoms. The molecule has 2 nitrogen and oxygen atoms in total. The van der Waals surface area contributed by atoms with E-state index in [2.05, 4.69) is 50.4 Å². The predicted octanol–water partition coefficient (Wildman–Crippen LogP) is 4.75. The van der Waals surface area contributed by atoms with Crippen molar-refractivity contribution in [2.45, 2.75) is 32.2 Å². The van der Waals surface area contributed by atoms with Gasteiger partial charge in [-0.15, -0.1) is 0 Å². The lowest BCUT2D eigenvalue weighted by molar-refractivity contribution is 0.589. The molecule has 0 radical (unpaired) electrons. The fraction of sp³-hybridized carbons (Fsp3) is 0.333.